The van der Waals surface area contributed by atoms with Gasteiger partial charge in [0.15, 0.2) is 0 Å². The molecule has 92 valence electrons. The Hall–Kier alpha value is -1.02. The third-order valence-corrected chi connectivity index (χ3v) is 4.18. The van der Waals surface area contributed by atoms with E-state index in [1.165, 1.54) is 22.5 Å². The lowest BCUT2D eigenvalue weighted by Crippen LogP contribution is -2.41. The zero-order chi connectivity index (χ0) is 12.3. The Morgan fingerprint density at radius 1 is 1.18 bits per heavy atom. The van der Waals surface area contributed by atoms with E-state index >= 15 is 0 Å². The summed E-state index contributed by atoms with van der Waals surface area (Å²) in [6.45, 7) is 6.75. The Balaban J connectivity index is 2.06. The summed E-state index contributed by atoms with van der Waals surface area (Å²) in [6.07, 6.45) is 8.96. The van der Waals surface area contributed by atoms with E-state index in [4.69, 9.17) is 5.73 Å². The Kier molecular flexibility index (Phi) is 2.13. The number of nitrogens with one attached hydrogen (secondary N) is 1. The molecule has 0 bridgehead atoms. The molecule has 3 N–H and O–H groups in total. The maximum atomic E-state index is 6.30. The first-order chi connectivity index (χ1) is 7.86. The van der Waals surface area contributed by atoms with Crippen molar-refractivity contribution in [1.29, 1.82) is 0 Å². The van der Waals surface area contributed by atoms with Crippen LogP contribution in [0.5, 0.6) is 0 Å². The predicted octanol–water partition coefficient (Wildman–Crippen LogP) is 2.82. The number of allylic oxidation sites excluding steroid dienone is 1. The number of aromatic amines is 1. The lowest BCUT2D eigenvalue weighted by Gasteiger charge is -2.30. The van der Waals surface area contributed by atoms with Gasteiger partial charge in [0, 0.05) is 16.9 Å². The molecule has 0 spiro atoms. The van der Waals surface area contributed by atoms with Crippen molar-refractivity contribution in [3.63, 3.8) is 0 Å². The van der Waals surface area contributed by atoms with Gasteiger partial charge in [-0.25, -0.2) is 0 Å². The first kappa shape index (κ1) is 11.1. The summed E-state index contributed by atoms with van der Waals surface area (Å²) < 4.78 is 0. The van der Waals surface area contributed by atoms with E-state index < -0.39 is 0 Å². The molecule has 0 saturated heterocycles. The summed E-state index contributed by atoms with van der Waals surface area (Å²) in [5, 5.41) is 0. The monoisotopic (exact) mass is 230 g/mol. The predicted molar refractivity (Wildman–Crippen MR) is 71.9 cm³/mol. The average molecular weight is 230 g/mol. The van der Waals surface area contributed by atoms with Crippen LogP contribution < -0.4 is 5.73 Å². The summed E-state index contributed by atoms with van der Waals surface area (Å²) in [5.74, 6) is 0. The first-order valence-electron chi connectivity index (χ1n) is 6.57. The molecule has 1 aromatic rings. The van der Waals surface area contributed by atoms with Crippen LogP contribution in [0.2, 0.25) is 0 Å². The lowest BCUT2D eigenvalue weighted by atomic mass is 9.78. The summed E-state index contributed by atoms with van der Waals surface area (Å²) in [7, 11) is 0. The van der Waals surface area contributed by atoms with Gasteiger partial charge >= 0.3 is 0 Å². The van der Waals surface area contributed by atoms with E-state index in [9.17, 15) is 0 Å². The number of hydrogen-bond acceptors (Lipinski definition) is 1. The summed E-state index contributed by atoms with van der Waals surface area (Å²) in [4.78, 5) is 3.64. The SMILES string of the molecule is CC1(C)C=Cc2c([nH]c3c2CC(C)(N)CC3)C1. The van der Waals surface area contributed by atoms with Crippen molar-refractivity contribution < 1.29 is 0 Å². The fourth-order valence-corrected chi connectivity index (χ4v) is 3.15. The maximum Gasteiger partial charge on any atom is 0.0234 e. The van der Waals surface area contributed by atoms with Crippen LogP contribution in [0.1, 0.15) is 49.7 Å². The molecule has 0 saturated carbocycles. The first-order valence-corrected chi connectivity index (χ1v) is 6.57. The standard InChI is InChI=1S/C15H22N2/c1-14(2)6-4-10-11-8-15(3,16)7-5-12(11)17-13(10)9-14/h4,6,17H,5,7-9,16H2,1-3H3. The summed E-state index contributed by atoms with van der Waals surface area (Å²) in [5.41, 5.74) is 12.3. The molecule has 2 nitrogen and oxygen atoms in total. The van der Waals surface area contributed by atoms with Crippen LogP contribution in [-0.2, 0) is 19.3 Å². The zero-order valence-corrected chi connectivity index (χ0v) is 11.1. The summed E-state index contributed by atoms with van der Waals surface area (Å²) >= 11 is 0. The van der Waals surface area contributed by atoms with Crippen molar-refractivity contribution >= 4 is 6.08 Å². The largest absolute Gasteiger partial charge is 0.361 e. The van der Waals surface area contributed by atoms with Crippen molar-refractivity contribution in [2.24, 2.45) is 11.1 Å². The molecular formula is C15H22N2. The second-order valence-corrected chi connectivity index (χ2v) is 6.80. The van der Waals surface area contributed by atoms with E-state index in [2.05, 4.69) is 37.9 Å². The third kappa shape index (κ3) is 1.85. The molecule has 1 heterocycles. The fourth-order valence-electron chi connectivity index (χ4n) is 3.15. The molecule has 17 heavy (non-hydrogen) atoms. The molecule has 0 radical (unpaired) electrons. The quantitative estimate of drug-likeness (QED) is 0.707. The van der Waals surface area contributed by atoms with Gasteiger partial charge in [0.05, 0.1) is 0 Å². The smallest absolute Gasteiger partial charge is 0.0234 e. The van der Waals surface area contributed by atoms with E-state index in [1.807, 2.05) is 0 Å². The second-order valence-electron chi connectivity index (χ2n) is 6.80. The van der Waals surface area contributed by atoms with Crippen LogP contribution >= 0.6 is 0 Å². The fraction of sp³-hybridized carbons (Fsp3) is 0.600. The maximum absolute atomic E-state index is 6.30. The average Bonchev–Trinajstić information content (AvgIpc) is 2.51. The van der Waals surface area contributed by atoms with Crippen molar-refractivity contribution in [2.75, 3.05) is 0 Å². The van der Waals surface area contributed by atoms with E-state index in [-0.39, 0.29) is 11.0 Å². The number of fused-ring (bicyclic) bond motifs is 3. The van der Waals surface area contributed by atoms with Crippen molar-refractivity contribution in [1.82, 2.24) is 4.98 Å². The van der Waals surface area contributed by atoms with Crippen LogP contribution in [-0.4, -0.2) is 10.5 Å². The Bertz CT molecular complexity index is 489. The van der Waals surface area contributed by atoms with Gasteiger partial charge < -0.3 is 10.7 Å². The van der Waals surface area contributed by atoms with Crippen molar-refractivity contribution in [2.45, 2.75) is 52.0 Å². The van der Waals surface area contributed by atoms with Gasteiger partial charge in [0.25, 0.3) is 0 Å². The minimum Gasteiger partial charge on any atom is -0.361 e. The molecule has 0 amide bonds. The highest BCUT2D eigenvalue weighted by Crippen LogP contribution is 2.38. The van der Waals surface area contributed by atoms with Crippen LogP contribution in [0, 0.1) is 5.41 Å². The lowest BCUT2D eigenvalue weighted by molar-refractivity contribution is 0.406. The van der Waals surface area contributed by atoms with Crippen LogP contribution in [0.4, 0.5) is 0 Å². The summed E-state index contributed by atoms with van der Waals surface area (Å²) in [6, 6.07) is 0. The van der Waals surface area contributed by atoms with Gasteiger partial charge in [-0.3, -0.25) is 0 Å². The number of nitrogens with two attached hydrogens (primary N) is 1. The van der Waals surface area contributed by atoms with Gasteiger partial charge in [-0.2, -0.15) is 0 Å². The van der Waals surface area contributed by atoms with E-state index in [0.29, 0.717) is 0 Å². The topological polar surface area (TPSA) is 41.8 Å². The Morgan fingerprint density at radius 2 is 1.94 bits per heavy atom. The molecule has 3 rings (SSSR count). The number of aryl methyl sites for hydroxylation is 1. The third-order valence-electron chi connectivity index (χ3n) is 4.18. The van der Waals surface area contributed by atoms with Crippen LogP contribution in [0.3, 0.4) is 0 Å². The molecule has 0 aromatic carbocycles. The Morgan fingerprint density at radius 3 is 2.71 bits per heavy atom. The van der Waals surface area contributed by atoms with E-state index in [0.717, 1.165) is 25.7 Å². The number of H-pyrrole nitrogens is 1. The highest BCUT2D eigenvalue weighted by molar-refractivity contribution is 5.63. The molecule has 2 aliphatic carbocycles. The number of rotatable bonds is 0. The number of aromatic nitrogens is 1. The molecular weight excluding hydrogens is 208 g/mol. The van der Waals surface area contributed by atoms with Crippen molar-refractivity contribution in [3.8, 4) is 0 Å². The van der Waals surface area contributed by atoms with Gasteiger partial charge in [0.1, 0.15) is 0 Å². The van der Waals surface area contributed by atoms with Crippen molar-refractivity contribution in [3.05, 3.63) is 28.6 Å². The molecule has 1 atom stereocenters. The van der Waals surface area contributed by atoms with Gasteiger partial charge in [-0.15, -0.1) is 0 Å². The van der Waals surface area contributed by atoms with Crippen LogP contribution in [0.15, 0.2) is 6.08 Å². The normalized spacial score (nSPS) is 29.9. The number of hydrogen-bond donors (Lipinski definition) is 2. The zero-order valence-electron chi connectivity index (χ0n) is 11.1. The molecule has 1 unspecified atom stereocenters. The molecule has 0 aliphatic heterocycles. The van der Waals surface area contributed by atoms with E-state index in [1.54, 1.807) is 0 Å². The minimum atomic E-state index is -0.0240. The second kappa shape index (κ2) is 3.26. The highest BCUT2D eigenvalue weighted by atomic mass is 14.8. The Labute approximate surface area is 103 Å². The van der Waals surface area contributed by atoms with Gasteiger partial charge in [-0.05, 0) is 49.1 Å². The molecule has 2 aliphatic rings. The molecule has 0 fully saturated rings. The highest BCUT2D eigenvalue weighted by Gasteiger charge is 2.32. The van der Waals surface area contributed by atoms with Gasteiger partial charge in [0.2, 0.25) is 0 Å². The molecule has 2 heteroatoms. The van der Waals surface area contributed by atoms with Gasteiger partial charge in [-0.1, -0.05) is 26.0 Å². The van der Waals surface area contributed by atoms with Crippen LogP contribution in [0.25, 0.3) is 6.08 Å². The molecule has 1 aromatic heterocycles. The minimum absolute atomic E-state index is 0.0240.